The average Bonchev–Trinajstić information content (AvgIpc) is 2.29. The number of halogens is 4. The Bertz CT molecular complexity index is 645. The summed E-state index contributed by atoms with van der Waals surface area (Å²) < 4.78 is 41.5. The second-order valence-electron chi connectivity index (χ2n) is 3.85. The molecule has 0 atom stereocenters. The molecule has 0 aliphatic carbocycles. The van der Waals surface area contributed by atoms with E-state index in [0.29, 0.717) is 4.47 Å². The van der Waals surface area contributed by atoms with E-state index in [4.69, 9.17) is 11.5 Å². The van der Waals surface area contributed by atoms with Crippen molar-refractivity contribution in [3.8, 4) is 5.75 Å². The fourth-order valence-electron chi connectivity index (χ4n) is 1.50. The highest BCUT2D eigenvalue weighted by molar-refractivity contribution is 9.10. The van der Waals surface area contributed by atoms with Crippen molar-refractivity contribution in [1.82, 2.24) is 9.97 Å². The first-order valence-electron chi connectivity index (χ1n) is 5.45. The van der Waals surface area contributed by atoms with Crippen LogP contribution < -0.4 is 21.5 Å². The summed E-state index contributed by atoms with van der Waals surface area (Å²) in [4.78, 5) is 7.47. The minimum Gasteiger partial charge on any atom is -0.404 e. The zero-order valence-electron chi connectivity index (χ0n) is 10.3. The average molecular weight is 364 g/mol. The highest BCUT2D eigenvalue weighted by Gasteiger charge is 2.32. The van der Waals surface area contributed by atoms with E-state index in [2.05, 4.69) is 36.0 Å². The second-order valence-corrected chi connectivity index (χ2v) is 4.77. The Morgan fingerprint density at radius 3 is 2.48 bits per heavy atom. The third-order valence-electron chi connectivity index (χ3n) is 2.20. The Morgan fingerprint density at radius 1 is 1.14 bits per heavy atom. The van der Waals surface area contributed by atoms with Gasteiger partial charge < -0.3 is 21.5 Å². The van der Waals surface area contributed by atoms with Gasteiger partial charge in [0.25, 0.3) is 0 Å². The van der Waals surface area contributed by atoms with Gasteiger partial charge in [0.15, 0.2) is 5.75 Å². The molecule has 0 saturated heterocycles. The Balaban J connectivity index is 2.34. The number of nitrogens with two attached hydrogens (primary N) is 2. The van der Waals surface area contributed by atoms with Crippen LogP contribution in [-0.2, 0) is 0 Å². The molecule has 1 aromatic carbocycles. The van der Waals surface area contributed by atoms with Crippen molar-refractivity contribution < 1.29 is 17.9 Å². The number of nitrogens with one attached hydrogen (secondary N) is 1. The van der Waals surface area contributed by atoms with Crippen LogP contribution in [0.15, 0.2) is 28.7 Å². The number of ether oxygens (including phenoxy) is 1. The molecule has 6 nitrogen and oxygen atoms in total. The number of nitrogens with zero attached hydrogens (tertiary/aromatic N) is 2. The summed E-state index contributed by atoms with van der Waals surface area (Å²) in [7, 11) is 0. The quantitative estimate of drug-likeness (QED) is 0.774. The number of nitrogen functional groups attached to an aromatic ring is 2. The van der Waals surface area contributed by atoms with Gasteiger partial charge in [-0.15, -0.1) is 13.2 Å². The Labute approximate surface area is 125 Å². The van der Waals surface area contributed by atoms with Gasteiger partial charge in [-0.2, -0.15) is 9.97 Å². The number of rotatable bonds is 3. The topological polar surface area (TPSA) is 99.1 Å². The van der Waals surface area contributed by atoms with Crippen molar-refractivity contribution in [3.05, 3.63) is 28.7 Å². The van der Waals surface area contributed by atoms with Gasteiger partial charge in [0, 0.05) is 10.5 Å². The summed E-state index contributed by atoms with van der Waals surface area (Å²) in [6, 6.07) is 5.43. The maximum absolute atomic E-state index is 12.4. The molecule has 21 heavy (non-hydrogen) atoms. The van der Waals surface area contributed by atoms with Crippen LogP contribution in [0.2, 0.25) is 0 Å². The minimum atomic E-state index is -4.82. The van der Waals surface area contributed by atoms with Crippen molar-refractivity contribution in [1.29, 1.82) is 0 Å². The molecule has 0 saturated carbocycles. The first kappa shape index (κ1) is 15.2. The molecule has 1 aromatic heterocycles. The third-order valence-corrected chi connectivity index (χ3v) is 2.69. The molecule has 10 heteroatoms. The lowest BCUT2D eigenvalue weighted by Crippen LogP contribution is -2.18. The van der Waals surface area contributed by atoms with Crippen molar-refractivity contribution >= 4 is 39.2 Å². The van der Waals surface area contributed by atoms with Crippen molar-refractivity contribution in [2.45, 2.75) is 6.36 Å². The molecule has 0 fully saturated rings. The molecule has 0 aliphatic rings. The fraction of sp³-hybridized carbons (Fsp3) is 0.0909. The maximum atomic E-state index is 12.4. The highest BCUT2D eigenvalue weighted by atomic mass is 79.9. The first-order chi connectivity index (χ1) is 9.73. The standard InChI is InChI=1S/C11H9BrF3N5O/c12-5-1-2-6(7(3-5)21-11(13,14)15)18-9-4-8(16)19-10(17)20-9/h1-4H,(H5,16,17,18,19,20). The SMILES string of the molecule is Nc1cc(Nc2ccc(Br)cc2OC(F)(F)F)nc(N)n1. The number of alkyl halides is 3. The molecule has 0 bridgehead atoms. The lowest BCUT2D eigenvalue weighted by atomic mass is 10.3. The molecule has 1 heterocycles. The zero-order chi connectivity index (χ0) is 15.6. The molecule has 2 rings (SSSR count). The summed E-state index contributed by atoms with van der Waals surface area (Å²) in [5, 5.41) is 2.65. The van der Waals surface area contributed by atoms with Crippen LogP contribution in [0, 0.1) is 0 Å². The van der Waals surface area contributed by atoms with E-state index in [1.165, 1.54) is 18.2 Å². The van der Waals surface area contributed by atoms with Crippen molar-refractivity contribution in [2.75, 3.05) is 16.8 Å². The molecule has 112 valence electrons. The normalized spacial score (nSPS) is 11.2. The van der Waals surface area contributed by atoms with Crippen LogP contribution in [0.4, 0.5) is 36.4 Å². The smallest absolute Gasteiger partial charge is 0.404 e. The van der Waals surface area contributed by atoms with Gasteiger partial charge in [-0.3, -0.25) is 0 Å². The number of hydrogen-bond donors (Lipinski definition) is 3. The zero-order valence-corrected chi connectivity index (χ0v) is 11.9. The minimum absolute atomic E-state index is 0.0491. The van der Waals surface area contributed by atoms with Crippen LogP contribution in [0.3, 0.4) is 0 Å². The molecule has 5 N–H and O–H groups in total. The molecule has 0 aliphatic heterocycles. The van der Waals surface area contributed by atoms with E-state index in [0.717, 1.165) is 0 Å². The van der Waals surface area contributed by atoms with Gasteiger partial charge in [0.05, 0.1) is 5.69 Å². The van der Waals surface area contributed by atoms with Crippen LogP contribution in [0.1, 0.15) is 0 Å². The number of benzene rings is 1. The van der Waals surface area contributed by atoms with Crippen molar-refractivity contribution in [3.63, 3.8) is 0 Å². The van der Waals surface area contributed by atoms with E-state index >= 15 is 0 Å². The lowest BCUT2D eigenvalue weighted by molar-refractivity contribution is -0.274. The molecule has 0 amide bonds. The highest BCUT2D eigenvalue weighted by Crippen LogP contribution is 2.34. The summed E-state index contributed by atoms with van der Waals surface area (Å²) in [6.45, 7) is 0. The Morgan fingerprint density at radius 2 is 1.86 bits per heavy atom. The van der Waals surface area contributed by atoms with Crippen LogP contribution >= 0.6 is 15.9 Å². The molecule has 0 radical (unpaired) electrons. The monoisotopic (exact) mass is 363 g/mol. The van der Waals surface area contributed by atoms with Crippen molar-refractivity contribution in [2.24, 2.45) is 0 Å². The van der Waals surface area contributed by atoms with Crippen LogP contribution in [0.5, 0.6) is 5.75 Å². The predicted molar refractivity (Wildman–Crippen MR) is 75.0 cm³/mol. The summed E-state index contributed by atoms with van der Waals surface area (Å²) in [5.74, 6) is -0.296. The largest absolute Gasteiger partial charge is 0.573 e. The van der Waals surface area contributed by atoms with Crippen LogP contribution in [-0.4, -0.2) is 16.3 Å². The fourth-order valence-corrected chi connectivity index (χ4v) is 1.84. The molecule has 0 unspecified atom stereocenters. The van der Waals surface area contributed by atoms with Gasteiger partial charge in [0.2, 0.25) is 5.95 Å². The summed E-state index contributed by atoms with van der Waals surface area (Å²) in [5.41, 5.74) is 11.0. The van der Waals surface area contributed by atoms with E-state index in [1.54, 1.807) is 6.07 Å². The molecular formula is C11H9BrF3N5O. The Hall–Kier alpha value is -2.23. The maximum Gasteiger partial charge on any atom is 0.573 e. The van der Waals surface area contributed by atoms with E-state index in [1.807, 2.05) is 0 Å². The first-order valence-corrected chi connectivity index (χ1v) is 6.24. The summed E-state index contributed by atoms with van der Waals surface area (Å²) >= 11 is 3.07. The van der Waals surface area contributed by atoms with E-state index < -0.39 is 12.1 Å². The van der Waals surface area contributed by atoms with Gasteiger partial charge in [-0.1, -0.05) is 15.9 Å². The third kappa shape index (κ3) is 4.38. The Kier molecular flexibility index (Phi) is 4.07. The molecule has 0 spiro atoms. The number of hydrogen-bond acceptors (Lipinski definition) is 6. The van der Waals surface area contributed by atoms with Gasteiger partial charge in [-0.25, -0.2) is 0 Å². The van der Waals surface area contributed by atoms with E-state index in [9.17, 15) is 13.2 Å². The van der Waals surface area contributed by atoms with E-state index in [-0.39, 0.29) is 23.3 Å². The van der Waals surface area contributed by atoms with Gasteiger partial charge >= 0.3 is 6.36 Å². The predicted octanol–water partition coefficient (Wildman–Crippen LogP) is 3.05. The number of anilines is 4. The lowest BCUT2D eigenvalue weighted by Gasteiger charge is -2.15. The number of aromatic nitrogens is 2. The van der Waals surface area contributed by atoms with Crippen LogP contribution in [0.25, 0.3) is 0 Å². The molecular weight excluding hydrogens is 355 g/mol. The second kappa shape index (κ2) is 5.64. The van der Waals surface area contributed by atoms with Gasteiger partial charge in [0.1, 0.15) is 11.6 Å². The summed E-state index contributed by atoms with van der Waals surface area (Å²) in [6.07, 6.45) is -4.82. The molecule has 2 aromatic rings. The van der Waals surface area contributed by atoms with Gasteiger partial charge in [-0.05, 0) is 18.2 Å².